The van der Waals surface area contributed by atoms with Crippen molar-refractivity contribution in [3.05, 3.63) is 36.5 Å². The Hall–Kier alpha value is -1.77. The first-order chi connectivity index (χ1) is 38.4. The van der Waals surface area contributed by atoms with Crippen LogP contribution in [0.2, 0.25) is 0 Å². The number of nitrogens with zero attached hydrogens (tertiary/aromatic N) is 1. The van der Waals surface area contributed by atoms with Crippen LogP contribution in [0.4, 0.5) is 0 Å². The molecular weight excluding hydrogens is 1000 g/mol. The SMILES string of the molecule is CCCCC/C=C\C/C=C\CCCCCCCCCCCCCCCCCCCC(=O)NC(COP(=O)([O-])OCC[N+](C)(C)C)C(/C=C\CCCCCCCCCCC)OC(=O)CCCCCCCCCCCCCCCCC. The van der Waals surface area contributed by atoms with E-state index >= 15 is 0 Å². The van der Waals surface area contributed by atoms with Gasteiger partial charge in [-0.1, -0.05) is 302 Å². The highest BCUT2D eigenvalue weighted by atomic mass is 31.2. The Morgan fingerprint density at radius 3 is 1.16 bits per heavy atom. The van der Waals surface area contributed by atoms with Gasteiger partial charge in [-0.05, 0) is 63.9 Å². The van der Waals surface area contributed by atoms with Gasteiger partial charge in [0, 0.05) is 12.8 Å². The second-order valence-electron chi connectivity index (χ2n) is 24.7. The van der Waals surface area contributed by atoms with Gasteiger partial charge in [-0.15, -0.1) is 0 Å². The highest BCUT2D eigenvalue weighted by molar-refractivity contribution is 7.45. The highest BCUT2D eigenvalue weighted by Gasteiger charge is 2.27. The Labute approximate surface area is 491 Å². The van der Waals surface area contributed by atoms with Crippen molar-refractivity contribution in [1.82, 2.24) is 5.32 Å². The number of esters is 1. The highest BCUT2D eigenvalue weighted by Crippen LogP contribution is 2.38. The van der Waals surface area contributed by atoms with Crippen molar-refractivity contribution in [2.45, 2.75) is 354 Å². The molecule has 1 N–H and O–H groups in total. The van der Waals surface area contributed by atoms with Gasteiger partial charge in [-0.25, -0.2) is 0 Å². The molecule has 466 valence electrons. The minimum absolute atomic E-state index is 0.0189. The number of nitrogens with one attached hydrogen (secondary N) is 1. The monoisotopic (exact) mass is 1130 g/mol. The molecule has 0 heterocycles. The largest absolute Gasteiger partial charge is 0.756 e. The van der Waals surface area contributed by atoms with Crippen LogP contribution in [0.3, 0.4) is 0 Å². The van der Waals surface area contributed by atoms with Crippen LogP contribution < -0.4 is 10.2 Å². The van der Waals surface area contributed by atoms with Crippen molar-refractivity contribution < 1.29 is 37.3 Å². The summed E-state index contributed by atoms with van der Waals surface area (Å²) in [6.07, 6.45) is 72.7. The molecule has 0 aromatic heterocycles. The normalized spacial score (nSPS) is 13.8. The van der Waals surface area contributed by atoms with Gasteiger partial charge < -0.3 is 28.5 Å². The molecule has 0 radical (unpaired) electrons. The van der Waals surface area contributed by atoms with E-state index in [2.05, 4.69) is 50.4 Å². The second kappa shape index (κ2) is 59.4. The molecule has 0 aliphatic heterocycles. The van der Waals surface area contributed by atoms with E-state index in [1.54, 1.807) is 0 Å². The molecule has 0 bridgehead atoms. The molecule has 0 aliphatic carbocycles. The van der Waals surface area contributed by atoms with E-state index in [1.807, 2.05) is 33.3 Å². The predicted molar refractivity (Wildman–Crippen MR) is 340 cm³/mol. The number of carbonyl (C=O) groups excluding carboxylic acids is 2. The molecule has 0 aliphatic rings. The minimum atomic E-state index is -4.69. The number of quaternary nitrogens is 1. The molecule has 0 aromatic rings. The fourth-order valence-corrected chi connectivity index (χ4v) is 11.0. The van der Waals surface area contributed by atoms with Crippen molar-refractivity contribution in [2.24, 2.45) is 0 Å². The van der Waals surface area contributed by atoms with Crippen molar-refractivity contribution >= 4 is 19.7 Å². The number of amides is 1. The van der Waals surface area contributed by atoms with E-state index in [4.69, 9.17) is 13.8 Å². The number of phosphoric ester groups is 1. The molecule has 9 nitrogen and oxygen atoms in total. The number of allylic oxidation sites excluding steroid dienone is 5. The molecule has 0 aromatic carbocycles. The van der Waals surface area contributed by atoms with E-state index in [9.17, 15) is 19.0 Å². The lowest BCUT2D eigenvalue weighted by Gasteiger charge is -2.30. The molecule has 0 spiro atoms. The number of unbranched alkanes of at least 4 members (excludes halogenated alkanes) is 43. The van der Waals surface area contributed by atoms with Crippen molar-refractivity contribution in [1.29, 1.82) is 0 Å². The van der Waals surface area contributed by atoms with Gasteiger partial charge in [0.15, 0.2) is 0 Å². The Morgan fingerprint density at radius 1 is 0.443 bits per heavy atom. The average Bonchev–Trinajstić information content (AvgIpc) is 3.41. The number of phosphoric acid groups is 1. The summed E-state index contributed by atoms with van der Waals surface area (Å²) < 4.78 is 30.4. The maximum absolute atomic E-state index is 13.6. The molecular formula is C69H133N2O7P. The summed E-state index contributed by atoms with van der Waals surface area (Å²) in [6.45, 7) is 6.86. The zero-order valence-electron chi connectivity index (χ0n) is 53.3. The topological polar surface area (TPSA) is 114 Å². The van der Waals surface area contributed by atoms with E-state index in [1.165, 1.54) is 244 Å². The summed E-state index contributed by atoms with van der Waals surface area (Å²) in [5.41, 5.74) is 0. The van der Waals surface area contributed by atoms with Crippen molar-refractivity contribution in [3.63, 3.8) is 0 Å². The number of carbonyl (C=O) groups is 2. The number of ether oxygens (including phenoxy) is 1. The van der Waals surface area contributed by atoms with Crippen LogP contribution in [-0.4, -0.2) is 69.4 Å². The number of rotatable bonds is 63. The van der Waals surface area contributed by atoms with Crippen LogP contribution in [0.25, 0.3) is 0 Å². The molecule has 0 fully saturated rings. The summed E-state index contributed by atoms with van der Waals surface area (Å²) in [7, 11) is 1.20. The molecule has 0 saturated carbocycles. The minimum Gasteiger partial charge on any atom is -0.756 e. The van der Waals surface area contributed by atoms with Gasteiger partial charge in [0.25, 0.3) is 7.82 Å². The molecule has 79 heavy (non-hydrogen) atoms. The third-order valence-corrected chi connectivity index (χ3v) is 16.5. The zero-order valence-corrected chi connectivity index (χ0v) is 54.2. The molecule has 3 atom stereocenters. The van der Waals surface area contributed by atoms with Gasteiger partial charge >= 0.3 is 5.97 Å². The maximum atomic E-state index is 13.6. The fraction of sp³-hybridized carbons (Fsp3) is 0.884. The second-order valence-corrected chi connectivity index (χ2v) is 26.1. The van der Waals surface area contributed by atoms with E-state index in [0.29, 0.717) is 17.4 Å². The summed E-state index contributed by atoms with van der Waals surface area (Å²) in [4.78, 5) is 40.0. The first-order valence-corrected chi connectivity index (χ1v) is 35.8. The Bertz CT molecular complexity index is 1450. The van der Waals surface area contributed by atoms with Crippen LogP contribution in [-0.2, 0) is 27.9 Å². The Morgan fingerprint density at radius 2 is 0.772 bits per heavy atom. The van der Waals surface area contributed by atoms with E-state index in [0.717, 1.165) is 64.2 Å². The van der Waals surface area contributed by atoms with Gasteiger partial charge in [0.1, 0.15) is 19.3 Å². The zero-order chi connectivity index (χ0) is 57.9. The van der Waals surface area contributed by atoms with Gasteiger partial charge in [-0.2, -0.15) is 0 Å². The quantitative estimate of drug-likeness (QED) is 0.0212. The fourth-order valence-electron chi connectivity index (χ4n) is 10.3. The summed E-state index contributed by atoms with van der Waals surface area (Å²) in [5, 5.41) is 3.04. The number of likely N-dealkylation sites (N-methyl/N-ethyl adjacent to an activating group) is 1. The van der Waals surface area contributed by atoms with Gasteiger partial charge in [0.2, 0.25) is 5.91 Å². The molecule has 1 amide bonds. The van der Waals surface area contributed by atoms with Crippen LogP contribution in [0.1, 0.15) is 342 Å². The van der Waals surface area contributed by atoms with Crippen molar-refractivity contribution in [3.8, 4) is 0 Å². The summed E-state index contributed by atoms with van der Waals surface area (Å²) in [5.74, 6) is -0.523. The Kier molecular flexibility index (Phi) is 58.1. The number of hydrogen-bond acceptors (Lipinski definition) is 7. The standard InChI is InChI=1S/C69H133N2O7P/c1-7-10-13-16-19-22-25-27-29-30-31-32-33-34-35-36-37-38-39-40-42-43-46-49-52-55-58-61-68(72)70-66(65-77-79(74,75)76-64-63-71(4,5)6)67(60-57-54-51-48-45-24-21-18-15-12-9-3)78-69(73)62-59-56-53-50-47-44-41-28-26-23-20-17-14-11-8-2/h19,22,27,29,57,60,66-67H,7-18,20-21,23-26,28,30-56,58-59,61-65H2,1-6H3,(H-,70,72,74,75)/b22-19-,29-27-,60-57-. The Balaban J connectivity index is 4.94. The first kappa shape index (κ1) is 77.2. The lowest BCUT2D eigenvalue weighted by Crippen LogP contribution is -2.47. The van der Waals surface area contributed by atoms with Gasteiger partial charge in [0.05, 0.1) is 33.8 Å². The van der Waals surface area contributed by atoms with Gasteiger partial charge in [-0.3, -0.25) is 14.2 Å². The number of hydrogen-bond donors (Lipinski definition) is 1. The smallest absolute Gasteiger partial charge is 0.306 e. The third kappa shape index (κ3) is 60.6. The molecule has 0 rings (SSSR count). The first-order valence-electron chi connectivity index (χ1n) is 34.3. The molecule has 10 heteroatoms. The average molecular weight is 1130 g/mol. The lowest BCUT2D eigenvalue weighted by molar-refractivity contribution is -0.870. The summed E-state index contributed by atoms with van der Waals surface area (Å²) in [6, 6.07) is -0.883. The maximum Gasteiger partial charge on any atom is 0.306 e. The summed E-state index contributed by atoms with van der Waals surface area (Å²) >= 11 is 0. The third-order valence-electron chi connectivity index (χ3n) is 15.6. The van der Waals surface area contributed by atoms with E-state index in [-0.39, 0.29) is 31.5 Å². The molecule has 0 saturated heterocycles. The van der Waals surface area contributed by atoms with Crippen LogP contribution in [0.5, 0.6) is 0 Å². The van der Waals surface area contributed by atoms with Crippen LogP contribution in [0, 0.1) is 0 Å². The van der Waals surface area contributed by atoms with Crippen molar-refractivity contribution in [2.75, 3.05) is 40.9 Å². The van der Waals surface area contributed by atoms with Crippen LogP contribution in [0.15, 0.2) is 36.5 Å². The lowest BCUT2D eigenvalue weighted by atomic mass is 10.0. The van der Waals surface area contributed by atoms with Crippen LogP contribution >= 0.6 is 7.82 Å². The van der Waals surface area contributed by atoms with E-state index < -0.39 is 20.0 Å². The predicted octanol–water partition coefficient (Wildman–Crippen LogP) is 20.8. The molecule has 3 unspecified atom stereocenters.